The zero-order chi connectivity index (χ0) is 15.6. The van der Waals surface area contributed by atoms with Crippen molar-refractivity contribution in [1.82, 2.24) is 0 Å². The maximum absolute atomic E-state index is 10.8. The second-order valence-electron chi connectivity index (χ2n) is 5.72. The highest BCUT2D eigenvalue weighted by Crippen LogP contribution is 2.31. The first-order chi connectivity index (χ1) is 9.83. The zero-order valence-electron chi connectivity index (χ0n) is 12.9. The largest absolute Gasteiger partial charge is 0.496 e. The lowest BCUT2D eigenvalue weighted by atomic mass is 9.87. The van der Waals surface area contributed by atoms with E-state index in [2.05, 4.69) is 41.9 Å². The quantitative estimate of drug-likeness (QED) is 0.879. The highest BCUT2D eigenvalue weighted by molar-refractivity contribution is 9.10. The molecule has 0 aromatic heterocycles. The van der Waals surface area contributed by atoms with Crippen LogP contribution in [-0.2, 0) is 12.0 Å². The summed E-state index contributed by atoms with van der Waals surface area (Å²) in [6.07, 6.45) is 0.554. The number of ether oxygens (including phenoxy) is 1. The third-order valence-electron chi connectivity index (χ3n) is 3.89. The van der Waals surface area contributed by atoms with E-state index in [1.807, 2.05) is 31.2 Å². The molecular formula is C18H21BrO2. The van der Waals surface area contributed by atoms with Crippen molar-refractivity contribution in [2.24, 2.45) is 0 Å². The molecule has 0 amide bonds. The summed E-state index contributed by atoms with van der Waals surface area (Å²) in [6.45, 7) is 6.00. The minimum absolute atomic E-state index is 0.554. The number of benzene rings is 2. The molecule has 1 unspecified atom stereocenters. The van der Waals surface area contributed by atoms with Crippen molar-refractivity contribution < 1.29 is 9.84 Å². The van der Waals surface area contributed by atoms with Gasteiger partial charge in [0.15, 0.2) is 0 Å². The summed E-state index contributed by atoms with van der Waals surface area (Å²) in [5.41, 5.74) is 3.54. The lowest BCUT2D eigenvalue weighted by molar-refractivity contribution is 0.0575. The van der Waals surface area contributed by atoms with Gasteiger partial charge in [0.2, 0.25) is 0 Å². The van der Waals surface area contributed by atoms with Gasteiger partial charge < -0.3 is 9.84 Å². The van der Waals surface area contributed by atoms with Gasteiger partial charge in [-0.2, -0.15) is 0 Å². The third kappa shape index (κ3) is 3.66. The summed E-state index contributed by atoms with van der Waals surface area (Å²) >= 11 is 3.49. The molecule has 0 fully saturated rings. The highest BCUT2D eigenvalue weighted by Gasteiger charge is 2.24. The summed E-state index contributed by atoms with van der Waals surface area (Å²) < 4.78 is 6.14. The lowest BCUT2D eigenvalue weighted by Gasteiger charge is -2.25. The first-order valence-corrected chi connectivity index (χ1v) is 7.75. The molecule has 1 N–H and O–H groups in total. The molecule has 1 atom stereocenters. The van der Waals surface area contributed by atoms with E-state index in [-0.39, 0.29) is 0 Å². The molecular weight excluding hydrogens is 328 g/mol. The number of aliphatic hydroxyl groups is 1. The predicted molar refractivity (Wildman–Crippen MR) is 89.9 cm³/mol. The zero-order valence-corrected chi connectivity index (χ0v) is 14.5. The van der Waals surface area contributed by atoms with Gasteiger partial charge in [-0.05, 0) is 71.1 Å². The van der Waals surface area contributed by atoms with Gasteiger partial charge in [-0.15, -0.1) is 0 Å². The third-order valence-corrected chi connectivity index (χ3v) is 4.51. The van der Waals surface area contributed by atoms with Crippen LogP contribution in [0.1, 0.15) is 29.2 Å². The van der Waals surface area contributed by atoms with E-state index in [1.54, 1.807) is 7.11 Å². The molecule has 2 aromatic carbocycles. The molecule has 2 nitrogen and oxygen atoms in total. The van der Waals surface area contributed by atoms with Crippen molar-refractivity contribution >= 4 is 15.9 Å². The Morgan fingerprint density at radius 1 is 1.10 bits per heavy atom. The van der Waals surface area contributed by atoms with Crippen molar-refractivity contribution in [2.75, 3.05) is 7.11 Å². The van der Waals surface area contributed by atoms with Gasteiger partial charge in [0.25, 0.3) is 0 Å². The summed E-state index contributed by atoms with van der Waals surface area (Å²) in [7, 11) is 1.64. The standard InChI is InChI=1S/C18H21BrO2/c1-12-5-7-15(9-13(12)2)18(3,20)11-14-6-8-17(21-4)16(19)10-14/h5-10,20H,11H2,1-4H3. The van der Waals surface area contributed by atoms with Crippen LogP contribution in [0.25, 0.3) is 0 Å². The first kappa shape index (κ1) is 16.1. The Kier molecular flexibility index (Phi) is 4.74. The number of aryl methyl sites for hydroxylation is 2. The second-order valence-corrected chi connectivity index (χ2v) is 6.57. The Morgan fingerprint density at radius 2 is 1.81 bits per heavy atom. The number of hydrogen-bond donors (Lipinski definition) is 1. The average molecular weight is 349 g/mol. The smallest absolute Gasteiger partial charge is 0.133 e. The maximum Gasteiger partial charge on any atom is 0.133 e. The maximum atomic E-state index is 10.8. The summed E-state index contributed by atoms with van der Waals surface area (Å²) in [6, 6.07) is 12.0. The van der Waals surface area contributed by atoms with Crippen LogP contribution in [0.15, 0.2) is 40.9 Å². The molecule has 2 rings (SSSR count). The van der Waals surface area contributed by atoms with Crippen LogP contribution < -0.4 is 4.74 Å². The Balaban J connectivity index is 2.27. The van der Waals surface area contributed by atoms with Gasteiger partial charge in [-0.25, -0.2) is 0 Å². The van der Waals surface area contributed by atoms with Crippen molar-refractivity contribution in [3.63, 3.8) is 0 Å². The molecule has 0 saturated heterocycles. The summed E-state index contributed by atoms with van der Waals surface area (Å²) in [5, 5.41) is 10.8. The molecule has 0 spiro atoms. The lowest BCUT2D eigenvalue weighted by Crippen LogP contribution is -2.24. The van der Waals surface area contributed by atoms with Crippen LogP contribution in [0.4, 0.5) is 0 Å². The Labute approximate surface area is 134 Å². The van der Waals surface area contributed by atoms with Gasteiger partial charge in [-0.1, -0.05) is 24.3 Å². The van der Waals surface area contributed by atoms with Gasteiger partial charge in [0.05, 0.1) is 17.2 Å². The SMILES string of the molecule is COc1ccc(CC(C)(O)c2ccc(C)c(C)c2)cc1Br. The number of rotatable bonds is 4. The number of hydrogen-bond acceptors (Lipinski definition) is 2. The minimum atomic E-state index is -0.896. The van der Waals surface area contributed by atoms with Gasteiger partial charge in [-0.3, -0.25) is 0 Å². The normalized spacial score (nSPS) is 13.8. The molecule has 3 heteroatoms. The Hall–Kier alpha value is -1.32. The molecule has 0 aliphatic rings. The van der Waals surface area contributed by atoms with Crippen LogP contribution in [0.3, 0.4) is 0 Å². The van der Waals surface area contributed by atoms with Crippen molar-refractivity contribution in [1.29, 1.82) is 0 Å². The summed E-state index contributed by atoms with van der Waals surface area (Å²) in [4.78, 5) is 0. The average Bonchev–Trinajstić information content (AvgIpc) is 2.41. The van der Waals surface area contributed by atoms with E-state index in [4.69, 9.17) is 4.74 Å². The fourth-order valence-electron chi connectivity index (χ4n) is 2.40. The fourth-order valence-corrected chi connectivity index (χ4v) is 2.98. The fraction of sp³-hybridized carbons (Fsp3) is 0.333. The van der Waals surface area contributed by atoms with Crippen LogP contribution in [-0.4, -0.2) is 12.2 Å². The van der Waals surface area contributed by atoms with Crippen molar-refractivity contribution in [3.05, 3.63) is 63.1 Å². The van der Waals surface area contributed by atoms with Crippen LogP contribution in [0.5, 0.6) is 5.75 Å². The van der Waals surface area contributed by atoms with Crippen LogP contribution in [0.2, 0.25) is 0 Å². The van der Waals surface area contributed by atoms with E-state index in [1.165, 1.54) is 11.1 Å². The Bertz CT molecular complexity index is 648. The number of halogens is 1. The van der Waals surface area contributed by atoms with Crippen molar-refractivity contribution in [2.45, 2.75) is 32.8 Å². The molecule has 0 bridgehead atoms. The van der Waals surface area contributed by atoms with Crippen LogP contribution >= 0.6 is 15.9 Å². The minimum Gasteiger partial charge on any atom is -0.496 e. The van der Waals surface area contributed by atoms with E-state index < -0.39 is 5.60 Å². The van der Waals surface area contributed by atoms with E-state index in [0.717, 1.165) is 21.3 Å². The molecule has 0 aliphatic heterocycles. The predicted octanol–water partition coefficient (Wildman–Crippen LogP) is 4.52. The molecule has 21 heavy (non-hydrogen) atoms. The van der Waals surface area contributed by atoms with Gasteiger partial charge in [0.1, 0.15) is 5.75 Å². The second kappa shape index (κ2) is 6.20. The number of methoxy groups -OCH3 is 1. The molecule has 112 valence electrons. The van der Waals surface area contributed by atoms with E-state index in [0.29, 0.717) is 6.42 Å². The van der Waals surface area contributed by atoms with Gasteiger partial charge in [0, 0.05) is 6.42 Å². The monoisotopic (exact) mass is 348 g/mol. The molecule has 0 radical (unpaired) electrons. The molecule has 0 saturated carbocycles. The molecule has 2 aromatic rings. The first-order valence-electron chi connectivity index (χ1n) is 6.96. The molecule has 0 aliphatic carbocycles. The van der Waals surface area contributed by atoms with Crippen molar-refractivity contribution in [3.8, 4) is 5.75 Å². The summed E-state index contributed by atoms with van der Waals surface area (Å²) in [5.74, 6) is 0.796. The van der Waals surface area contributed by atoms with E-state index in [9.17, 15) is 5.11 Å². The van der Waals surface area contributed by atoms with Crippen LogP contribution in [0, 0.1) is 13.8 Å². The van der Waals surface area contributed by atoms with Gasteiger partial charge >= 0.3 is 0 Å². The van der Waals surface area contributed by atoms with E-state index >= 15 is 0 Å². The topological polar surface area (TPSA) is 29.5 Å². The Morgan fingerprint density at radius 3 is 2.38 bits per heavy atom. The molecule has 0 heterocycles. The highest BCUT2D eigenvalue weighted by atomic mass is 79.9.